The number of aliphatic imine (C=N–C) groups is 1. The summed E-state index contributed by atoms with van der Waals surface area (Å²) in [6, 6.07) is 9.97. The highest BCUT2D eigenvalue weighted by atomic mass is 16.5. The number of nitrogens with zero attached hydrogens (tertiary/aromatic N) is 2. The predicted molar refractivity (Wildman–Crippen MR) is 99.9 cm³/mol. The summed E-state index contributed by atoms with van der Waals surface area (Å²) in [7, 11) is 3.41. The van der Waals surface area contributed by atoms with Gasteiger partial charge in [0.2, 0.25) is 0 Å². The molecule has 0 amide bonds. The van der Waals surface area contributed by atoms with E-state index in [1.165, 1.54) is 0 Å². The summed E-state index contributed by atoms with van der Waals surface area (Å²) < 4.78 is 10.7. The molecule has 1 aromatic heterocycles. The van der Waals surface area contributed by atoms with Crippen LogP contribution in [0.15, 0.2) is 39.8 Å². The highest BCUT2D eigenvalue weighted by molar-refractivity contribution is 5.79. The summed E-state index contributed by atoms with van der Waals surface area (Å²) in [5, 5.41) is 10.7. The van der Waals surface area contributed by atoms with Gasteiger partial charge in [-0.15, -0.1) is 0 Å². The molecule has 2 rings (SSSR count). The van der Waals surface area contributed by atoms with Gasteiger partial charge in [0, 0.05) is 25.6 Å². The van der Waals surface area contributed by atoms with Gasteiger partial charge < -0.3 is 19.9 Å². The molecule has 1 aromatic carbocycles. The van der Waals surface area contributed by atoms with Gasteiger partial charge in [0.1, 0.15) is 5.75 Å². The molecule has 25 heavy (non-hydrogen) atoms. The predicted octanol–water partition coefficient (Wildman–Crippen LogP) is 3.45. The zero-order valence-corrected chi connectivity index (χ0v) is 15.5. The van der Waals surface area contributed by atoms with Crippen LogP contribution in [0.3, 0.4) is 0 Å². The molecule has 0 radical (unpaired) electrons. The number of hydrogen-bond donors (Lipinski definition) is 2. The molecule has 0 bridgehead atoms. The molecule has 0 atom stereocenters. The first kappa shape index (κ1) is 18.8. The molecule has 0 aliphatic carbocycles. The maximum atomic E-state index is 5.43. The number of aromatic nitrogens is 1. The second-order valence-corrected chi connectivity index (χ2v) is 5.86. The molecule has 0 aliphatic heterocycles. The third-order valence-corrected chi connectivity index (χ3v) is 4.23. The average molecular weight is 344 g/mol. The van der Waals surface area contributed by atoms with E-state index in [2.05, 4.69) is 34.6 Å². The minimum Gasteiger partial charge on any atom is -0.497 e. The van der Waals surface area contributed by atoms with Crippen LogP contribution in [0, 0.1) is 0 Å². The number of guanidine groups is 1. The minimum absolute atomic E-state index is 0.461. The lowest BCUT2D eigenvalue weighted by Crippen LogP contribution is -2.36. The van der Waals surface area contributed by atoms with E-state index >= 15 is 0 Å². The first-order chi connectivity index (χ1) is 12.2. The summed E-state index contributed by atoms with van der Waals surface area (Å²) in [6.07, 6.45) is 2.14. The van der Waals surface area contributed by atoms with Gasteiger partial charge in [0.15, 0.2) is 11.7 Å². The Bertz CT molecular complexity index is 678. The van der Waals surface area contributed by atoms with Gasteiger partial charge in [-0.2, -0.15) is 0 Å². The summed E-state index contributed by atoms with van der Waals surface area (Å²) >= 11 is 0. The van der Waals surface area contributed by atoms with E-state index in [9.17, 15) is 0 Å². The van der Waals surface area contributed by atoms with Gasteiger partial charge >= 0.3 is 0 Å². The normalized spacial score (nSPS) is 11.6. The van der Waals surface area contributed by atoms with Crippen molar-refractivity contribution in [2.24, 2.45) is 4.99 Å². The fraction of sp³-hybridized carbons (Fsp3) is 0.474. The fourth-order valence-corrected chi connectivity index (χ4v) is 2.67. The van der Waals surface area contributed by atoms with Crippen molar-refractivity contribution in [2.45, 2.75) is 45.7 Å². The lowest BCUT2D eigenvalue weighted by Gasteiger charge is -2.11. The van der Waals surface area contributed by atoms with E-state index in [0.29, 0.717) is 25.0 Å². The molecule has 2 N–H and O–H groups in total. The average Bonchev–Trinajstić information content (AvgIpc) is 3.12. The van der Waals surface area contributed by atoms with Crippen molar-refractivity contribution in [2.75, 3.05) is 14.2 Å². The summed E-state index contributed by atoms with van der Waals surface area (Å²) in [5.41, 5.74) is 2.15. The third-order valence-electron chi connectivity index (χ3n) is 4.23. The topological polar surface area (TPSA) is 71.7 Å². The Hall–Kier alpha value is -2.50. The fourth-order valence-electron chi connectivity index (χ4n) is 2.67. The molecule has 0 saturated heterocycles. The standard InChI is InChI=1S/C19H28N4O2/c1-5-15(6-2)18-11-17(25-23-18)13-22-19(20-3)21-12-14-8-7-9-16(10-14)24-4/h7-11,15H,5-6,12-13H2,1-4H3,(H2,20,21,22). The van der Waals surface area contributed by atoms with Gasteiger partial charge in [0.05, 0.1) is 19.3 Å². The van der Waals surface area contributed by atoms with Gasteiger partial charge in [-0.25, -0.2) is 0 Å². The van der Waals surface area contributed by atoms with Crippen molar-refractivity contribution in [3.63, 3.8) is 0 Å². The van der Waals surface area contributed by atoms with Crippen LogP contribution < -0.4 is 15.4 Å². The Labute approximate surface area is 149 Å². The van der Waals surface area contributed by atoms with Crippen LogP contribution in [0.25, 0.3) is 0 Å². The van der Waals surface area contributed by atoms with E-state index in [1.807, 2.05) is 30.3 Å². The third kappa shape index (κ3) is 5.52. The maximum Gasteiger partial charge on any atom is 0.191 e. The highest BCUT2D eigenvalue weighted by Gasteiger charge is 2.13. The summed E-state index contributed by atoms with van der Waals surface area (Å²) in [5.74, 6) is 2.83. The Morgan fingerprint density at radius 3 is 2.64 bits per heavy atom. The Balaban J connectivity index is 1.86. The largest absolute Gasteiger partial charge is 0.497 e. The van der Waals surface area contributed by atoms with Crippen LogP contribution in [0.5, 0.6) is 5.75 Å². The van der Waals surface area contributed by atoms with Gasteiger partial charge in [0.25, 0.3) is 0 Å². The van der Waals surface area contributed by atoms with Crippen molar-refractivity contribution >= 4 is 5.96 Å². The monoisotopic (exact) mass is 344 g/mol. The molecule has 6 heteroatoms. The van der Waals surface area contributed by atoms with Crippen molar-refractivity contribution in [1.29, 1.82) is 0 Å². The second kappa shape index (κ2) is 9.71. The van der Waals surface area contributed by atoms with Crippen LogP contribution in [0.1, 0.15) is 49.6 Å². The van der Waals surface area contributed by atoms with Crippen molar-refractivity contribution in [3.05, 3.63) is 47.3 Å². The lowest BCUT2D eigenvalue weighted by atomic mass is 9.99. The van der Waals surface area contributed by atoms with E-state index < -0.39 is 0 Å². The maximum absolute atomic E-state index is 5.43. The van der Waals surface area contributed by atoms with Crippen molar-refractivity contribution < 1.29 is 9.26 Å². The van der Waals surface area contributed by atoms with Crippen LogP contribution in [0.4, 0.5) is 0 Å². The molecule has 0 spiro atoms. The minimum atomic E-state index is 0.461. The molecule has 2 aromatic rings. The van der Waals surface area contributed by atoms with E-state index in [0.717, 1.165) is 35.6 Å². The smallest absolute Gasteiger partial charge is 0.191 e. The number of rotatable bonds is 8. The highest BCUT2D eigenvalue weighted by Crippen LogP contribution is 2.22. The van der Waals surface area contributed by atoms with E-state index in [4.69, 9.17) is 9.26 Å². The number of methoxy groups -OCH3 is 1. The second-order valence-electron chi connectivity index (χ2n) is 5.86. The summed E-state index contributed by atoms with van der Waals surface area (Å²) in [4.78, 5) is 4.24. The molecule has 0 fully saturated rings. The van der Waals surface area contributed by atoms with Crippen molar-refractivity contribution in [1.82, 2.24) is 15.8 Å². The first-order valence-corrected chi connectivity index (χ1v) is 8.73. The summed E-state index contributed by atoms with van der Waals surface area (Å²) in [6.45, 7) is 5.55. The molecule has 0 aliphatic rings. The molecule has 0 saturated carbocycles. The van der Waals surface area contributed by atoms with Gasteiger partial charge in [-0.05, 0) is 30.5 Å². The number of benzene rings is 1. The molecule has 136 valence electrons. The molecule has 6 nitrogen and oxygen atoms in total. The van der Waals surface area contributed by atoms with Crippen LogP contribution in [0.2, 0.25) is 0 Å². The first-order valence-electron chi connectivity index (χ1n) is 8.73. The Morgan fingerprint density at radius 2 is 1.96 bits per heavy atom. The number of ether oxygens (including phenoxy) is 1. The van der Waals surface area contributed by atoms with E-state index in [-0.39, 0.29) is 0 Å². The van der Waals surface area contributed by atoms with Gasteiger partial charge in [-0.3, -0.25) is 4.99 Å². The Kier molecular flexibility index (Phi) is 7.32. The van der Waals surface area contributed by atoms with Crippen molar-refractivity contribution in [3.8, 4) is 5.75 Å². The number of nitrogens with one attached hydrogen (secondary N) is 2. The number of hydrogen-bond acceptors (Lipinski definition) is 4. The molecule has 1 heterocycles. The van der Waals surface area contributed by atoms with Gasteiger partial charge in [-0.1, -0.05) is 31.1 Å². The molecular formula is C19H28N4O2. The van der Waals surface area contributed by atoms with Crippen LogP contribution in [-0.4, -0.2) is 25.3 Å². The molecular weight excluding hydrogens is 316 g/mol. The SMILES string of the molecule is CCC(CC)c1cc(CNC(=NC)NCc2cccc(OC)c2)on1. The van der Waals surface area contributed by atoms with Crippen LogP contribution >= 0.6 is 0 Å². The van der Waals surface area contributed by atoms with Crippen LogP contribution in [-0.2, 0) is 13.1 Å². The lowest BCUT2D eigenvalue weighted by molar-refractivity contribution is 0.368. The zero-order chi connectivity index (χ0) is 18.1. The van der Waals surface area contributed by atoms with E-state index in [1.54, 1.807) is 14.2 Å². The molecule has 0 unspecified atom stereocenters. The quantitative estimate of drug-likeness (QED) is 0.567. The zero-order valence-electron chi connectivity index (χ0n) is 15.5. The Morgan fingerprint density at radius 1 is 1.20 bits per heavy atom.